The number of hydrogen-bond acceptors (Lipinski definition) is 6. The fraction of sp³-hybridized carbons (Fsp3) is 0.273. The van der Waals surface area contributed by atoms with E-state index in [1.807, 2.05) is 24.3 Å². The highest BCUT2D eigenvalue weighted by Crippen LogP contribution is 2.30. The number of ether oxygens (including phenoxy) is 1. The summed E-state index contributed by atoms with van der Waals surface area (Å²) in [4.78, 5) is 26.6. The number of halogens is 4. The Kier molecular flexibility index (Phi) is 8.75. The van der Waals surface area contributed by atoms with E-state index in [-0.39, 0.29) is 37.6 Å². The first kappa shape index (κ1) is 25.8. The van der Waals surface area contributed by atoms with Crippen LogP contribution in [0.15, 0.2) is 53.0 Å². The summed E-state index contributed by atoms with van der Waals surface area (Å²) in [5.41, 5.74) is 0.0960. The third kappa shape index (κ3) is 7.08. The second kappa shape index (κ2) is 11.5. The molecule has 2 amide bonds. The fourth-order valence-electron chi connectivity index (χ4n) is 2.93. The molecule has 3 rings (SSSR count). The minimum atomic E-state index is -4.49. The van der Waals surface area contributed by atoms with Crippen LogP contribution >= 0.6 is 27.3 Å². The van der Waals surface area contributed by atoms with Crippen molar-refractivity contribution in [3.05, 3.63) is 64.1 Å². The zero-order chi connectivity index (χ0) is 24.7. The van der Waals surface area contributed by atoms with E-state index in [0.717, 1.165) is 34.3 Å². The molecule has 0 radical (unpaired) electrons. The van der Waals surface area contributed by atoms with Gasteiger partial charge < -0.3 is 15.0 Å². The molecular formula is C22H20BrF3N4O3S. The molecule has 2 aromatic carbocycles. The van der Waals surface area contributed by atoms with E-state index in [2.05, 4.69) is 31.4 Å². The van der Waals surface area contributed by atoms with Gasteiger partial charge in [0.1, 0.15) is 5.01 Å². The second-order valence-corrected chi connectivity index (χ2v) is 8.97. The van der Waals surface area contributed by atoms with Crippen molar-refractivity contribution in [3.8, 4) is 10.6 Å². The van der Waals surface area contributed by atoms with Crippen molar-refractivity contribution in [1.29, 1.82) is 0 Å². The van der Waals surface area contributed by atoms with Crippen LogP contribution in [0.1, 0.15) is 22.3 Å². The van der Waals surface area contributed by atoms with Gasteiger partial charge in [0.05, 0.1) is 12.2 Å². The van der Waals surface area contributed by atoms with E-state index in [4.69, 9.17) is 4.74 Å². The minimum absolute atomic E-state index is 0.0398. The van der Waals surface area contributed by atoms with Gasteiger partial charge in [0, 0.05) is 42.2 Å². The Morgan fingerprint density at radius 1 is 1.12 bits per heavy atom. The molecule has 0 spiro atoms. The van der Waals surface area contributed by atoms with Gasteiger partial charge in [-0.3, -0.25) is 9.59 Å². The number of aromatic nitrogens is 2. The Labute approximate surface area is 206 Å². The van der Waals surface area contributed by atoms with Crippen LogP contribution in [0.2, 0.25) is 0 Å². The summed E-state index contributed by atoms with van der Waals surface area (Å²) in [5, 5.41) is 11.7. The summed E-state index contributed by atoms with van der Waals surface area (Å²) < 4.78 is 44.3. The van der Waals surface area contributed by atoms with Crippen LogP contribution in [0.3, 0.4) is 0 Å². The predicted molar refractivity (Wildman–Crippen MR) is 126 cm³/mol. The van der Waals surface area contributed by atoms with E-state index in [0.29, 0.717) is 10.1 Å². The molecule has 0 saturated heterocycles. The van der Waals surface area contributed by atoms with Crippen molar-refractivity contribution in [3.63, 3.8) is 0 Å². The molecule has 1 heterocycles. The number of methoxy groups -OCH3 is 1. The van der Waals surface area contributed by atoms with Crippen molar-refractivity contribution in [1.82, 2.24) is 15.1 Å². The third-order valence-electron chi connectivity index (χ3n) is 4.66. The number of amides is 2. The third-order valence-corrected chi connectivity index (χ3v) is 6.04. The van der Waals surface area contributed by atoms with Gasteiger partial charge in [-0.05, 0) is 36.4 Å². The number of rotatable bonds is 9. The molecule has 0 aliphatic carbocycles. The molecule has 0 aliphatic heterocycles. The van der Waals surface area contributed by atoms with Crippen LogP contribution in [-0.4, -0.2) is 53.7 Å². The molecule has 7 nitrogen and oxygen atoms in total. The van der Waals surface area contributed by atoms with E-state index in [1.165, 1.54) is 23.3 Å². The van der Waals surface area contributed by atoms with Gasteiger partial charge >= 0.3 is 6.18 Å². The van der Waals surface area contributed by atoms with Gasteiger partial charge in [-0.2, -0.15) is 13.2 Å². The monoisotopic (exact) mass is 556 g/mol. The quantitative estimate of drug-likeness (QED) is 0.396. The van der Waals surface area contributed by atoms with Crippen molar-refractivity contribution >= 4 is 44.2 Å². The number of nitrogens with one attached hydrogen (secondary N) is 1. The lowest BCUT2D eigenvalue weighted by molar-refractivity contribution is -0.137. The van der Waals surface area contributed by atoms with Crippen molar-refractivity contribution in [2.24, 2.45) is 0 Å². The Morgan fingerprint density at radius 3 is 2.50 bits per heavy atom. The van der Waals surface area contributed by atoms with Crippen molar-refractivity contribution in [2.75, 3.05) is 32.1 Å². The number of carbonyl (C=O) groups excluding carboxylic acids is 2. The van der Waals surface area contributed by atoms with Gasteiger partial charge in [-0.1, -0.05) is 39.4 Å². The molecule has 1 N–H and O–H groups in total. The Hall–Kier alpha value is -2.83. The molecule has 180 valence electrons. The maximum absolute atomic E-state index is 12.8. The standard InChI is InChI=1S/C22H20BrF3N4O3S/c1-33-12-11-30(20(32)14-5-7-16(8-6-14)22(24,25)26)10-9-18(31)27-21-29-28-19(34-21)15-3-2-4-17(23)13-15/h2-8,13H,9-12H2,1H3,(H,27,29,31). The number of hydrogen-bond donors (Lipinski definition) is 1. The molecule has 34 heavy (non-hydrogen) atoms. The number of anilines is 1. The molecule has 3 aromatic rings. The van der Waals surface area contributed by atoms with Crippen LogP contribution in [0.5, 0.6) is 0 Å². The number of benzene rings is 2. The van der Waals surface area contributed by atoms with Crippen LogP contribution in [-0.2, 0) is 15.7 Å². The first-order chi connectivity index (χ1) is 16.2. The van der Waals surface area contributed by atoms with Crippen LogP contribution in [0.4, 0.5) is 18.3 Å². The molecule has 12 heteroatoms. The number of nitrogens with zero attached hydrogens (tertiary/aromatic N) is 3. The SMILES string of the molecule is COCCN(CCC(=O)Nc1nnc(-c2cccc(Br)c2)s1)C(=O)c1ccc(C(F)(F)F)cc1. The predicted octanol–water partition coefficient (Wildman–Crippen LogP) is 5.10. The number of alkyl halides is 3. The zero-order valence-corrected chi connectivity index (χ0v) is 20.3. The maximum Gasteiger partial charge on any atom is 0.416 e. The molecule has 0 saturated carbocycles. The summed E-state index contributed by atoms with van der Waals surface area (Å²) in [7, 11) is 1.46. The number of carbonyl (C=O) groups is 2. The van der Waals surface area contributed by atoms with Gasteiger partial charge in [0.25, 0.3) is 5.91 Å². The highest BCUT2D eigenvalue weighted by Gasteiger charge is 2.30. The first-order valence-electron chi connectivity index (χ1n) is 10.0. The second-order valence-electron chi connectivity index (χ2n) is 7.08. The Morgan fingerprint density at radius 2 is 1.85 bits per heavy atom. The molecule has 0 bridgehead atoms. The van der Waals surface area contributed by atoms with Gasteiger partial charge in [-0.25, -0.2) is 0 Å². The fourth-order valence-corrected chi connectivity index (χ4v) is 4.09. The van der Waals surface area contributed by atoms with Gasteiger partial charge in [-0.15, -0.1) is 10.2 Å². The van der Waals surface area contributed by atoms with Crippen LogP contribution < -0.4 is 5.32 Å². The summed E-state index contributed by atoms with van der Waals surface area (Å²) in [5.74, 6) is -0.869. The van der Waals surface area contributed by atoms with Gasteiger partial charge in [0.2, 0.25) is 11.0 Å². The molecule has 0 fully saturated rings. The van der Waals surface area contributed by atoms with Crippen LogP contribution in [0, 0.1) is 0 Å². The average molecular weight is 557 g/mol. The lowest BCUT2D eigenvalue weighted by Crippen LogP contribution is -2.36. The lowest BCUT2D eigenvalue weighted by atomic mass is 10.1. The van der Waals surface area contributed by atoms with Crippen LogP contribution in [0.25, 0.3) is 10.6 Å². The Bertz CT molecular complexity index is 1140. The van der Waals surface area contributed by atoms with E-state index >= 15 is 0 Å². The highest BCUT2D eigenvalue weighted by molar-refractivity contribution is 9.10. The summed E-state index contributed by atoms with van der Waals surface area (Å²) in [6.45, 7) is 0.433. The van der Waals surface area contributed by atoms with Crippen molar-refractivity contribution < 1.29 is 27.5 Å². The molecule has 0 aliphatic rings. The summed E-state index contributed by atoms with van der Waals surface area (Å²) in [6, 6.07) is 11.4. The van der Waals surface area contributed by atoms with Crippen molar-refractivity contribution in [2.45, 2.75) is 12.6 Å². The van der Waals surface area contributed by atoms with Gasteiger partial charge in [0.15, 0.2) is 0 Å². The topological polar surface area (TPSA) is 84.4 Å². The summed E-state index contributed by atoms with van der Waals surface area (Å²) in [6.07, 6.45) is -4.53. The Balaban J connectivity index is 1.61. The first-order valence-corrected chi connectivity index (χ1v) is 11.6. The molecular weight excluding hydrogens is 537 g/mol. The lowest BCUT2D eigenvalue weighted by Gasteiger charge is -2.22. The smallest absolute Gasteiger partial charge is 0.383 e. The van der Waals surface area contributed by atoms with E-state index < -0.39 is 17.6 Å². The average Bonchev–Trinajstić information content (AvgIpc) is 3.26. The largest absolute Gasteiger partial charge is 0.416 e. The summed E-state index contributed by atoms with van der Waals surface area (Å²) >= 11 is 4.60. The maximum atomic E-state index is 12.8. The molecule has 1 aromatic heterocycles. The zero-order valence-electron chi connectivity index (χ0n) is 17.9. The normalized spacial score (nSPS) is 11.3. The minimum Gasteiger partial charge on any atom is -0.383 e. The highest BCUT2D eigenvalue weighted by atomic mass is 79.9. The molecule has 0 atom stereocenters. The molecule has 0 unspecified atom stereocenters. The van der Waals surface area contributed by atoms with E-state index in [9.17, 15) is 22.8 Å². The van der Waals surface area contributed by atoms with E-state index in [1.54, 1.807) is 0 Å².